The Morgan fingerprint density at radius 2 is 2.12 bits per heavy atom. The van der Waals surface area contributed by atoms with Crippen LogP contribution in [0.25, 0.3) is 11.0 Å². The van der Waals surface area contributed by atoms with Crippen LogP contribution >= 0.6 is 11.6 Å². The molecule has 0 radical (unpaired) electrons. The fourth-order valence-electron chi connectivity index (χ4n) is 2.52. The molecular formula is C17H17ClN4O2. The summed E-state index contributed by atoms with van der Waals surface area (Å²) >= 11 is 6.19. The van der Waals surface area contributed by atoms with E-state index in [1.165, 1.54) is 0 Å². The summed E-state index contributed by atoms with van der Waals surface area (Å²) in [5, 5.41) is 11.4. The Morgan fingerprint density at radius 3 is 2.88 bits per heavy atom. The van der Waals surface area contributed by atoms with Gasteiger partial charge in [-0.05, 0) is 24.3 Å². The standard InChI is InChI=1S/C17H17ClN4O2/c1-22-15-9-11(7-8-14(15)20-21-22)17(23)19-10-16(24-2)12-5-3-4-6-13(12)18/h3-9,16H,10H2,1-2H3,(H,19,23)/t16-/m0/s1. The smallest absolute Gasteiger partial charge is 0.251 e. The fourth-order valence-corrected chi connectivity index (χ4v) is 2.77. The maximum Gasteiger partial charge on any atom is 0.251 e. The van der Waals surface area contributed by atoms with Crippen LogP contribution in [0.1, 0.15) is 22.0 Å². The maximum absolute atomic E-state index is 12.4. The van der Waals surface area contributed by atoms with Gasteiger partial charge < -0.3 is 10.1 Å². The molecular weight excluding hydrogens is 328 g/mol. The zero-order valence-corrected chi connectivity index (χ0v) is 14.1. The molecule has 7 heteroatoms. The van der Waals surface area contributed by atoms with E-state index in [9.17, 15) is 4.79 Å². The van der Waals surface area contributed by atoms with Gasteiger partial charge in [0.25, 0.3) is 5.91 Å². The average molecular weight is 345 g/mol. The third-order valence-electron chi connectivity index (χ3n) is 3.86. The molecule has 0 spiro atoms. The number of aromatic nitrogens is 3. The summed E-state index contributed by atoms with van der Waals surface area (Å²) in [5.74, 6) is -0.188. The summed E-state index contributed by atoms with van der Waals surface area (Å²) in [6, 6.07) is 12.7. The van der Waals surface area contributed by atoms with E-state index in [4.69, 9.17) is 16.3 Å². The highest BCUT2D eigenvalue weighted by atomic mass is 35.5. The lowest BCUT2D eigenvalue weighted by molar-refractivity contribution is 0.0828. The predicted molar refractivity (Wildman–Crippen MR) is 92.0 cm³/mol. The van der Waals surface area contributed by atoms with E-state index in [1.54, 1.807) is 43.1 Å². The molecule has 0 bridgehead atoms. The van der Waals surface area contributed by atoms with E-state index in [2.05, 4.69) is 15.6 Å². The normalized spacial score (nSPS) is 12.3. The Morgan fingerprint density at radius 1 is 1.33 bits per heavy atom. The number of nitrogens with zero attached hydrogens (tertiary/aromatic N) is 3. The lowest BCUT2D eigenvalue weighted by atomic mass is 10.1. The second-order valence-electron chi connectivity index (χ2n) is 5.37. The summed E-state index contributed by atoms with van der Waals surface area (Å²) in [6.07, 6.45) is -0.315. The molecule has 1 atom stereocenters. The van der Waals surface area contributed by atoms with Crippen LogP contribution in [0.4, 0.5) is 0 Å². The monoisotopic (exact) mass is 344 g/mol. The fraction of sp³-hybridized carbons (Fsp3) is 0.235. The van der Waals surface area contributed by atoms with Gasteiger partial charge >= 0.3 is 0 Å². The second kappa shape index (κ2) is 6.98. The van der Waals surface area contributed by atoms with Crippen LogP contribution in [-0.2, 0) is 11.8 Å². The van der Waals surface area contributed by atoms with Gasteiger partial charge in [-0.1, -0.05) is 35.0 Å². The molecule has 124 valence electrons. The Balaban J connectivity index is 1.73. The number of ether oxygens (including phenoxy) is 1. The number of amides is 1. The number of carbonyl (C=O) groups is 1. The highest BCUT2D eigenvalue weighted by Gasteiger charge is 2.16. The van der Waals surface area contributed by atoms with Gasteiger partial charge in [0.2, 0.25) is 0 Å². The van der Waals surface area contributed by atoms with Crippen molar-refractivity contribution < 1.29 is 9.53 Å². The zero-order chi connectivity index (χ0) is 17.1. The Kier molecular flexibility index (Phi) is 4.78. The summed E-state index contributed by atoms with van der Waals surface area (Å²) in [7, 11) is 3.38. The predicted octanol–water partition coefficient (Wildman–Crippen LogP) is 2.74. The van der Waals surface area contributed by atoms with E-state index in [-0.39, 0.29) is 12.0 Å². The minimum absolute atomic E-state index is 0.188. The van der Waals surface area contributed by atoms with Crippen LogP contribution in [-0.4, -0.2) is 34.6 Å². The first-order valence-electron chi connectivity index (χ1n) is 7.45. The number of benzene rings is 2. The van der Waals surface area contributed by atoms with Gasteiger partial charge in [-0.25, -0.2) is 4.68 Å². The summed E-state index contributed by atoms with van der Waals surface area (Å²) in [4.78, 5) is 12.4. The Bertz CT molecular complexity index is 878. The molecule has 0 saturated heterocycles. The molecule has 1 aromatic heterocycles. The summed E-state index contributed by atoms with van der Waals surface area (Å²) in [5.41, 5.74) is 2.94. The molecule has 0 saturated carbocycles. The van der Waals surface area contributed by atoms with Crippen LogP contribution in [0.15, 0.2) is 42.5 Å². The quantitative estimate of drug-likeness (QED) is 0.772. The Hall–Kier alpha value is -2.44. The molecule has 0 aliphatic heterocycles. The van der Waals surface area contributed by atoms with Gasteiger partial charge in [-0.3, -0.25) is 4.79 Å². The Labute approximate surface area is 144 Å². The van der Waals surface area contributed by atoms with Crippen molar-refractivity contribution in [2.45, 2.75) is 6.10 Å². The third-order valence-corrected chi connectivity index (χ3v) is 4.20. The second-order valence-corrected chi connectivity index (χ2v) is 5.78. The number of nitrogens with one attached hydrogen (secondary N) is 1. The van der Waals surface area contributed by atoms with E-state index in [0.29, 0.717) is 17.1 Å². The van der Waals surface area contributed by atoms with E-state index in [1.807, 2.05) is 18.2 Å². The van der Waals surface area contributed by atoms with Crippen molar-refractivity contribution in [1.29, 1.82) is 0 Å². The number of carbonyl (C=O) groups excluding carboxylic acids is 1. The summed E-state index contributed by atoms with van der Waals surface area (Å²) < 4.78 is 7.09. The number of hydrogen-bond donors (Lipinski definition) is 1. The molecule has 24 heavy (non-hydrogen) atoms. The van der Waals surface area contributed by atoms with Crippen molar-refractivity contribution in [1.82, 2.24) is 20.3 Å². The van der Waals surface area contributed by atoms with Gasteiger partial charge in [0.15, 0.2) is 0 Å². The van der Waals surface area contributed by atoms with Crippen molar-refractivity contribution in [2.24, 2.45) is 7.05 Å². The zero-order valence-electron chi connectivity index (χ0n) is 13.4. The van der Waals surface area contributed by atoms with Gasteiger partial charge in [0.1, 0.15) is 11.6 Å². The van der Waals surface area contributed by atoms with E-state index >= 15 is 0 Å². The lowest BCUT2D eigenvalue weighted by Crippen LogP contribution is -2.29. The minimum atomic E-state index is -0.315. The van der Waals surface area contributed by atoms with Crippen molar-refractivity contribution in [3.05, 3.63) is 58.6 Å². The molecule has 1 amide bonds. The van der Waals surface area contributed by atoms with Crippen LogP contribution in [0.3, 0.4) is 0 Å². The number of fused-ring (bicyclic) bond motifs is 1. The summed E-state index contributed by atoms with van der Waals surface area (Å²) in [6.45, 7) is 0.320. The number of halogens is 1. The molecule has 6 nitrogen and oxygen atoms in total. The van der Waals surface area contributed by atoms with Crippen molar-refractivity contribution >= 4 is 28.5 Å². The maximum atomic E-state index is 12.4. The minimum Gasteiger partial charge on any atom is -0.375 e. The van der Waals surface area contributed by atoms with Crippen LogP contribution in [0.2, 0.25) is 5.02 Å². The molecule has 3 rings (SSSR count). The largest absolute Gasteiger partial charge is 0.375 e. The first-order chi connectivity index (χ1) is 11.6. The number of aryl methyl sites for hydroxylation is 1. The third kappa shape index (κ3) is 3.25. The van der Waals surface area contributed by atoms with E-state index < -0.39 is 0 Å². The number of rotatable bonds is 5. The van der Waals surface area contributed by atoms with Gasteiger partial charge in [-0.15, -0.1) is 5.10 Å². The van der Waals surface area contributed by atoms with E-state index in [0.717, 1.165) is 16.6 Å². The molecule has 1 N–H and O–H groups in total. The van der Waals surface area contributed by atoms with Crippen molar-refractivity contribution in [2.75, 3.05) is 13.7 Å². The molecule has 3 aromatic rings. The molecule has 0 unspecified atom stereocenters. The lowest BCUT2D eigenvalue weighted by Gasteiger charge is -2.17. The van der Waals surface area contributed by atoms with Crippen molar-refractivity contribution in [3.8, 4) is 0 Å². The first kappa shape index (κ1) is 16.4. The van der Waals surface area contributed by atoms with Gasteiger partial charge in [0.05, 0.1) is 5.52 Å². The van der Waals surface area contributed by atoms with Crippen LogP contribution < -0.4 is 5.32 Å². The number of methoxy groups -OCH3 is 1. The van der Waals surface area contributed by atoms with Gasteiger partial charge in [-0.2, -0.15) is 0 Å². The molecule has 0 aliphatic rings. The van der Waals surface area contributed by atoms with Crippen LogP contribution in [0.5, 0.6) is 0 Å². The molecule has 0 fully saturated rings. The molecule has 1 heterocycles. The highest BCUT2D eigenvalue weighted by molar-refractivity contribution is 6.31. The molecule has 2 aromatic carbocycles. The van der Waals surface area contributed by atoms with Crippen molar-refractivity contribution in [3.63, 3.8) is 0 Å². The number of hydrogen-bond acceptors (Lipinski definition) is 4. The molecule has 0 aliphatic carbocycles. The SMILES string of the molecule is CO[C@@H](CNC(=O)c1ccc2nnn(C)c2c1)c1ccccc1Cl. The first-order valence-corrected chi connectivity index (χ1v) is 7.83. The average Bonchev–Trinajstić information content (AvgIpc) is 2.97. The van der Waals surface area contributed by atoms with Gasteiger partial charge in [0, 0.05) is 36.9 Å². The topological polar surface area (TPSA) is 69.0 Å². The highest BCUT2D eigenvalue weighted by Crippen LogP contribution is 2.24. The van der Waals surface area contributed by atoms with Crippen LogP contribution in [0, 0.1) is 0 Å².